The highest BCUT2D eigenvalue weighted by atomic mass is 19.1. The van der Waals surface area contributed by atoms with Gasteiger partial charge in [-0.15, -0.1) is 0 Å². The first-order chi connectivity index (χ1) is 21.1. The van der Waals surface area contributed by atoms with Crippen LogP contribution in [0.1, 0.15) is 74.5 Å². The number of amides is 4. The molecule has 2 aliphatic rings. The molecule has 1 aromatic heterocycles. The highest BCUT2D eigenvalue weighted by molar-refractivity contribution is 6.01. The van der Waals surface area contributed by atoms with Crippen molar-refractivity contribution >= 4 is 29.3 Å². The maximum atomic E-state index is 15.4. The summed E-state index contributed by atoms with van der Waals surface area (Å²) in [5, 5.41) is 12.2. The van der Waals surface area contributed by atoms with E-state index in [1.165, 1.54) is 18.4 Å². The molecule has 0 bridgehead atoms. The number of nitrogens with zero attached hydrogens (tertiary/aromatic N) is 3. The molecule has 12 heteroatoms. The quantitative estimate of drug-likeness (QED) is 0.355. The summed E-state index contributed by atoms with van der Waals surface area (Å²) < 4.78 is 20.4. The number of benzene rings is 1. The molecule has 0 spiro atoms. The van der Waals surface area contributed by atoms with E-state index >= 15 is 4.39 Å². The number of likely N-dealkylation sites (N-methyl/N-ethyl adjacent to an activating group) is 1. The minimum atomic E-state index is -0.872. The third-order valence-corrected chi connectivity index (χ3v) is 8.83. The topological polar surface area (TPSA) is 137 Å². The number of aromatic nitrogens is 1. The van der Waals surface area contributed by atoms with E-state index in [1.54, 1.807) is 17.9 Å². The van der Waals surface area contributed by atoms with E-state index in [0.717, 1.165) is 38.8 Å². The van der Waals surface area contributed by atoms with E-state index in [2.05, 4.69) is 32.9 Å². The summed E-state index contributed by atoms with van der Waals surface area (Å²) in [5.41, 5.74) is 1.26. The van der Waals surface area contributed by atoms with Crippen LogP contribution in [-0.4, -0.2) is 83.9 Å². The SMILES string of the molecule is CCC(=O)N[C@H](Cc1ccc(NC(=O)[C@@H](NC(=O)c2conc2CC)[C@H]2CC[C@H](C)CC2)c(F)c1)C(=O)N1CCN(C)CC1. The zero-order valence-corrected chi connectivity index (χ0v) is 26.2. The molecule has 2 atom stereocenters. The molecule has 4 amide bonds. The van der Waals surface area contributed by atoms with Crippen molar-refractivity contribution in [3.8, 4) is 0 Å². The monoisotopic (exact) mass is 612 g/mol. The number of halogens is 1. The predicted molar refractivity (Wildman–Crippen MR) is 163 cm³/mol. The molecule has 2 fully saturated rings. The second-order valence-electron chi connectivity index (χ2n) is 12.1. The maximum absolute atomic E-state index is 15.4. The van der Waals surface area contributed by atoms with Crippen LogP contribution in [0.15, 0.2) is 29.0 Å². The van der Waals surface area contributed by atoms with Gasteiger partial charge in [0.25, 0.3) is 5.91 Å². The second kappa shape index (κ2) is 15.3. The minimum absolute atomic E-state index is 0.0269. The van der Waals surface area contributed by atoms with Gasteiger partial charge in [0.2, 0.25) is 17.7 Å². The molecule has 2 heterocycles. The summed E-state index contributed by atoms with van der Waals surface area (Å²) in [6.45, 7) is 8.33. The Morgan fingerprint density at radius 1 is 1.05 bits per heavy atom. The van der Waals surface area contributed by atoms with Crippen molar-refractivity contribution in [3.05, 3.63) is 47.1 Å². The van der Waals surface area contributed by atoms with Gasteiger partial charge in [-0.3, -0.25) is 19.2 Å². The molecule has 44 heavy (non-hydrogen) atoms. The highest BCUT2D eigenvalue weighted by Crippen LogP contribution is 2.31. The molecule has 1 aromatic carbocycles. The van der Waals surface area contributed by atoms with E-state index in [9.17, 15) is 19.2 Å². The number of carbonyl (C=O) groups is 4. The maximum Gasteiger partial charge on any atom is 0.257 e. The lowest BCUT2D eigenvalue weighted by Gasteiger charge is -2.34. The van der Waals surface area contributed by atoms with Gasteiger partial charge in [0.1, 0.15) is 29.7 Å². The smallest absolute Gasteiger partial charge is 0.257 e. The Morgan fingerprint density at radius 3 is 2.39 bits per heavy atom. The summed E-state index contributed by atoms with van der Waals surface area (Å²) in [5.74, 6) is -1.65. The number of nitrogens with one attached hydrogen (secondary N) is 3. The van der Waals surface area contributed by atoms with Crippen molar-refractivity contribution in [2.75, 3.05) is 38.5 Å². The second-order valence-corrected chi connectivity index (χ2v) is 12.1. The average Bonchev–Trinajstić information content (AvgIpc) is 3.50. The van der Waals surface area contributed by atoms with Crippen LogP contribution in [0.25, 0.3) is 0 Å². The number of piperazine rings is 1. The van der Waals surface area contributed by atoms with Gasteiger partial charge in [-0.2, -0.15) is 0 Å². The third-order valence-electron chi connectivity index (χ3n) is 8.83. The number of anilines is 1. The first kappa shape index (κ1) is 33.1. The van der Waals surface area contributed by atoms with Crippen molar-refractivity contribution in [2.24, 2.45) is 11.8 Å². The van der Waals surface area contributed by atoms with Crippen LogP contribution in [0.5, 0.6) is 0 Å². The number of aryl methyl sites for hydroxylation is 1. The highest BCUT2D eigenvalue weighted by Gasteiger charge is 2.34. The fourth-order valence-corrected chi connectivity index (χ4v) is 5.91. The van der Waals surface area contributed by atoms with Crippen LogP contribution >= 0.6 is 0 Å². The first-order valence-electron chi connectivity index (χ1n) is 15.7. The number of hydrogen-bond acceptors (Lipinski definition) is 7. The summed E-state index contributed by atoms with van der Waals surface area (Å²) in [6.07, 6.45) is 5.50. The fraction of sp³-hybridized carbons (Fsp3) is 0.594. The van der Waals surface area contributed by atoms with Crippen molar-refractivity contribution in [1.29, 1.82) is 0 Å². The first-order valence-corrected chi connectivity index (χ1v) is 15.7. The van der Waals surface area contributed by atoms with E-state index in [1.807, 2.05) is 14.0 Å². The normalized spacial score (nSPS) is 20.4. The summed E-state index contributed by atoms with van der Waals surface area (Å²) in [7, 11) is 1.99. The Balaban J connectivity index is 1.48. The van der Waals surface area contributed by atoms with E-state index in [-0.39, 0.29) is 41.8 Å². The number of hydrogen-bond donors (Lipinski definition) is 3. The lowest BCUT2D eigenvalue weighted by molar-refractivity contribution is -0.137. The van der Waals surface area contributed by atoms with Crippen molar-refractivity contribution in [1.82, 2.24) is 25.6 Å². The molecule has 1 aliphatic carbocycles. The van der Waals surface area contributed by atoms with Crippen LogP contribution in [0.4, 0.5) is 10.1 Å². The standard InChI is InChI=1S/C32H45FN6O5/c1-5-25-23(19-44-37-25)30(41)36-29(22-10-7-20(3)8-11-22)31(42)35-26-12-9-21(17-24(26)33)18-27(34-28(40)6-2)32(43)39-15-13-38(4)14-16-39/h9,12,17,19-20,22,27,29H,5-8,10-11,13-16,18H2,1-4H3,(H,34,40)(H,35,42)(H,36,41)/t20-,22-,27-,29+/m1/s1. The molecule has 1 saturated heterocycles. The van der Waals surface area contributed by atoms with Gasteiger partial charge in [0.05, 0.1) is 11.4 Å². The molecule has 11 nitrogen and oxygen atoms in total. The van der Waals surface area contributed by atoms with Gasteiger partial charge >= 0.3 is 0 Å². The minimum Gasteiger partial charge on any atom is -0.364 e. The van der Waals surface area contributed by atoms with Crippen molar-refractivity contribution < 1.29 is 28.1 Å². The zero-order valence-electron chi connectivity index (χ0n) is 26.2. The van der Waals surface area contributed by atoms with Gasteiger partial charge in [0, 0.05) is 39.0 Å². The van der Waals surface area contributed by atoms with Crippen molar-refractivity contribution in [2.45, 2.75) is 77.8 Å². The Bertz CT molecular complexity index is 1320. The van der Waals surface area contributed by atoms with Gasteiger partial charge in [0.15, 0.2) is 0 Å². The molecular weight excluding hydrogens is 567 g/mol. The largest absolute Gasteiger partial charge is 0.364 e. The molecule has 4 rings (SSSR count). The molecule has 1 aliphatic heterocycles. The van der Waals surface area contributed by atoms with Crippen LogP contribution in [0.3, 0.4) is 0 Å². The van der Waals surface area contributed by atoms with E-state index in [4.69, 9.17) is 4.52 Å². The summed E-state index contributed by atoms with van der Waals surface area (Å²) in [4.78, 5) is 56.1. The van der Waals surface area contributed by atoms with Gasteiger partial charge in [-0.25, -0.2) is 4.39 Å². The Hall–Kier alpha value is -3.80. The lowest BCUT2D eigenvalue weighted by Crippen LogP contribution is -2.54. The fourth-order valence-electron chi connectivity index (χ4n) is 5.91. The van der Waals surface area contributed by atoms with Crippen LogP contribution < -0.4 is 16.0 Å². The Kier molecular flexibility index (Phi) is 11.5. The van der Waals surface area contributed by atoms with Crippen LogP contribution in [0, 0.1) is 17.7 Å². The van der Waals surface area contributed by atoms with Crippen molar-refractivity contribution in [3.63, 3.8) is 0 Å². The molecule has 1 saturated carbocycles. The molecule has 2 aromatic rings. The van der Waals surface area contributed by atoms with Gasteiger partial charge < -0.3 is 30.3 Å². The zero-order chi connectivity index (χ0) is 31.8. The van der Waals surface area contributed by atoms with Gasteiger partial charge in [-0.05, 0) is 55.8 Å². The lowest BCUT2D eigenvalue weighted by atomic mass is 9.79. The molecule has 240 valence electrons. The third kappa shape index (κ3) is 8.43. The number of carbonyl (C=O) groups excluding carboxylic acids is 4. The molecular formula is C32H45FN6O5. The molecule has 0 unspecified atom stereocenters. The summed E-state index contributed by atoms with van der Waals surface area (Å²) >= 11 is 0. The van der Waals surface area contributed by atoms with E-state index < -0.39 is 29.7 Å². The van der Waals surface area contributed by atoms with Gasteiger partial charge in [-0.1, -0.05) is 44.8 Å². The molecule has 0 radical (unpaired) electrons. The Labute approximate surface area is 258 Å². The van der Waals surface area contributed by atoms with Crippen LogP contribution in [0.2, 0.25) is 0 Å². The Morgan fingerprint density at radius 2 is 1.75 bits per heavy atom. The molecule has 3 N–H and O–H groups in total. The number of rotatable bonds is 11. The van der Waals surface area contributed by atoms with Crippen LogP contribution in [-0.2, 0) is 27.2 Å². The predicted octanol–water partition coefficient (Wildman–Crippen LogP) is 3.15. The average molecular weight is 613 g/mol. The summed E-state index contributed by atoms with van der Waals surface area (Å²) in [6, 6.07) is 2.67. The van der Waals surface area contributed by atoms with E-state index in [0.29, 0.717) is 36.7 Å².